The minimum absolute atomic E-state index is 0.0106. The maximum Gasteiger partial charge on any atom is 0.251 e. The molecule has 0 heterocycles. The van der Waals surface area contributed by atoms with Crippen LogP contribution >= 0.6 is 23.4 Å². The molecule has 0 aliphatic carbocycles. The van der Waals surface area contributed by atoms with Crippen LogP contribution in [0.4, 0.5) is 5.69 Å². The Bertz CT molecular complexity index is 978. The van der Waals surface area contributed by atoms with Crippen molar-refractivity contribution in [3.05, 3.63) is 101 Å². The minimum Gasteiger partial charge on any atom is -0.355 e. The molecule has 3 aromatic carbocycles. The molecule has 0 bridgehead atoms. The summed E-state index contributed by atoms with van der Waals surface area (Å²) in [5.74, 6) is -0.0480. The van der Waals surface area contributed by atoms with E-state index in [1.54, 1.807) is 43.1 Å². The van der Waals surface area contributed by atoms with Crippen LogP contribution in [0.15, 0.2) is 78.9 Å². The predicted molar refractivity (Wildman–Crippen MR) is 121 cm³/mol. The zero-order valence-electron chi connectivity index (χ0n) is 15.9. The van der Waals surface area contributed by atoms with E-state index >= 15 is 0 Å². The smallest absolute Gasteiger partial charge is 0.251 e. The molecule has 0 aromatic heterocycles. The summed E-state index contributed by atoms with van der Waals surface area (Å²) in [7, 11) is 1.57. The number of benzene rings is 3. The maximum absolute atomic E-state index is 12.5. The largest absolute Gasteiger partial charge is 0.355 e. The molecule has 3 rings (SSSR count). The highest BCUT2D eigenvalue weighted by atomic mass is 35.5. The summed E-state index contributed by atoms with van der Waals surface area (Å²) in [6.07, 6.45) is 0. The van der Waals surface area contributed by atoms with E-state index < -0.39 is 0 Å². The van der Waals surface area contributed by atoms with E-state index in [0.29, 0.717) is 16.3 Å². The highest BCUT2D eigenvalue weighted by Crippen LogP contribution is 2.36. The second-order valence-corrected chi connectivity index (χ2v) is 7.89. The van der Waals surface area contributed by atoms with Crippen molar-refractivity contribution in [3.8, 4) is 0 Å². The fourth-order valence-electron chi connectivity index (χ4n) is 2.89. The molecule has 29 heavy (non-hydrogen) atoms. The Hall–Kier alpha value is -2.76. The molecule has 0 fully saturated rings. The van der Waals surface area contributed by atoms with Gasteiger partial charge in [0.05, 0.1) is 11.0 Å². The van der Waals surface area contributed by atoms with Crippen molar-refractivity contribution in [2.45, 2.75) is 5.25 Å². The van der Waals surface area contributed by atoms with Crippen LogP contribution in [-0.2, 0) is 4.79 Å². The van der Waals surface area contributed by atoms with Crippen molar-refractivity contribution in [3.63, 3.8) is 0 Å². The lowest BCUT2D eigenvalue weighted by Crippen LogP contribution is -2.19. The van der Waals surface area contributed by atoms with Crippen molar-refractivity contribution in [2.24, 2.45) is 0 Å². The molecule has 1 atom stereocenters. The van der Waals surface area contributed by atoms with E-state index in [-0.39, 0.29) is 22.8 Å². The van der Waals surface area contributed by atoms with E-state index in [1.165, 1.54) is 0 Å². The summed E-state index contributed by atoms with van der Waals surface area (Å²) in [6, 6.07) is 24.6. The Kier molecular flexibility index (Phi) is 7.33. The Balaban J connectivity index is 1.70. The standard InChI is InChI=1S/C23H21ClN2O2S/c1-25-23(28)18-8-5-9-20(14-18)26-21(27)15-29-22(16-6-3-2-4-7-16)17-10-12-19(24)13-11-17/h2-14,22H,15H2,1H3,(H,25,28)(H,26,27). The van der Waals surface area contributed by atoms with E-state index in [9.17, 15) is 9.59 Å². The van der Waals surface area contributed by atoms with E-state index in [0.717, 1.165) is 11.1 Å². The molecule has 0 aliphatic heterocycles. The maximum atomic E-state index is 12.5. The van der Waals surface area contributed by atoms with Gasteiger partial charge in [0.1, 0.15) is 0 Å². The van der Waals surface area contributed by atoms with Crippen molar-refractivity contribution >= 4 is 40.9 Å². The van der Waals surface area contributed by atoms with Gasteiger partial charge in [0.25, 0.3) is 5.91 Å². The molecule has 148 valence electrons. The summed E-state index contributed by atoms with van der Waals surface area (Å²) in [6.45, 7) is 0. The van der Waals surface area contributed by atoms with Crippen LogP contribution in [0, 0.1) is 0 Å². The zero-order chi connectivity index (χ0) is 20.6. The molecule has 6 heteroatoms. The van der Waals surface area contributed by atoms with Gasteiger partial charge in [-0.15, -0.1) is 11.8 Å². The van der Waals surface area contributed by atoms with E-state index in [2.05, 4.69) is 22.8 Å². The number of anilines is 1. The third kappa shape index (κ3) is 5.86. The lowest BCUT2D eigenvalue weighted by molar-refractivity contribution is -0.113. The zero-order valence-corrected chi connectivity index (χ0v) is 17.5. The van der Waals surface area contributed by atoms with Crippen molar-refractivity contribution in [2.75, 3.05) is 18.1 Å². The molecule has 0 spiro atoms. The minimum atomic E-state index is -0.192. The van der Waals surface area contributed by atoms with E-state index in [1.807, 2.05) is 42.5 Å². The number of carbonyl (C=O) groups excluding carboxylic acids is 2. The third-order valence-electron chi connectivity index (χ3n) is 4.29. The summed E-state index contributed by atoms with van der Waals surface area (Å²) in [4.78, 5) is 24.3. The number of carbonyl (C=O) groups is 2. The molecule has 2 N–H and O–H groups in total. The highest BCUT2D eigenvalue weighted by molar-refractivity contribution is 8.00. The molecule has 0 aliphatic rings. The number of rotatable bonds is 7. The number of halogens is 1. The number of hydrogen-bond acceptors (Lipinski definition) is 3. The lowest BCUT2D eigenvalue weighted by atomic mass is 10.0. The summed E-state index contributed by atoms with van der Waals surface area (Å²) in [5.41, 5.74) is 3.30. The third-order valence-corrected chi connectivity index (χ3v) is 5.85. The SMILES string of the molecule is CNC(=O)c1cccc(NC(=O)CSC(c2ccccc2)c2ccc(Cl)cc2)c1. The van der Waals surface area contributed by atoms with Gasteiger partial charge in [0.2, 0.25) is 5.91 Å². The average molecular weight is 425 g/mol. The topological polar surface area (TPSA) is 58.2 Å². The van der Waals surface area contributed by atoms with Crippen LogP contribution in [-0.4, -0.2) is 24.6 Å². The van der Waals surface area contributed by atoms with Gasteiger partial charge >= 0.3 is 0 Å². The van der Waals surface area contributed by atoms with Gasteiger partial charge in [-0.1, -0.05) is 60.1 Å². The normalized spacial score (nSPS) is 11.5. The molecule has 4 nitrogen and oxygen atoms in total. The molecule has 0 saturated carbocycles. The van der Waals surface area contributed by atoms with Gasteiger partial charge in [0.15, 0.2) is 0 Å². The summed E-state index contributed by atoms with van der Waals surface area (Å²) >= 11 is 7.57. The fourth-order valence-corrected chi connectivity index (χ4v) is 4.10. The monoisotopic (exact) mass is 424 g/mol. The number of thioether (sulfide) groups is 1. The summed E-state index contributed by atoms with van der Waals surface area (Å²) < 4.78 is 0. The molecule has 0 saturated heterocycles. The first kappa shape index (κ1) is 21.0. The van der Waals surface area contributed by atoms with E-state index in [4.69, 9.17) is 11.6 Å². The van der Waals surface area contributed by atoms with Crippen molar-refractivity contribution in [1.29, 1.82) is 0 Å². The molecular formula is C23H21ClN2O2S. The molecule has 0 radical (unpaired) electrons. The average Bonchev–Trinajstić information content (AvgIpc) is 2.75. The van der Waals surface area contributed by atoms with Crippen LogP contribution in [0.1, 0.15) is 26.7 Å². The van der Waals surface area contributed by atoms with Crippen LogP contribution in [0.5, 0.6) is 0 Å². The van der Waals surface area contributed by atoms with Gasteiger partial charge in [-0.3, -0.25) is 9.59 Å². The van der Waals surface area contributed by atoms with Gasteiger partial charge in [0, 0.05) is 23.3 Å². The first-order valence-electron chi connectivity index (χ1n) is 9.11. The Morgan fingerprint density at radius 1 is 0.931 bits per heavy atom. The van der Waals surface area contributed by atoms with Gasteiger partial charge in [-0.25, -0.2) is 0 Å². The van der Waals surface area contributed by atoms with Gasteiger partial charge in [-0.05, 0) is 41.5 Å². The van der Waals surface area contributed by atoms with Crippen LogP contribution in [0.2, 0.25) is 5.02 Å². The fraction of sp³-hybridized carbons (Fsp3) is 0.130. The van der Waals surface area contributed by atoms with Gasteiger partial charge in [-0.2, -0.15) is 0 Å². The number of nitrogens with one attached hydrogen (secondary N) is 2. The van der Waals surface area contributed by atoms with Gasteiger partial charge < -0.3 is 10.6 Å². The van der Waals surface area contributed by atoms with Crippen molar-refractivity contribution in [1.82, 2.24) is 5.32 Å². The van der Waals surface area contributed by atoms with Crippen LogP contribution < -0.4 is 10.6 Å². The molecule has 3 aromatic rings. The first-order valence-corrected chi connectivity index (χ1v) is 10.5. The molecular weight excluding hydrogens is 404 g/mol. The second-order valence-electron chi connectivity index (χ2n) is 6.36. The van der Waals surface area contributed by atoms with Crippen molar-refractivity contribution < 1.29 is 9.59 Å². The van der Waals surface area contributed by atoms with Crippen LogP contribution in [0.25, 0.3) is 0 Å². The number of hydrogen-bond donors (Lipinski definition) is 2. The van der Waals surface area contributed by atoms with Crippen LogP contribution in [0.3, 0.4) is 0 Å². The summed E-state index contributed by atoms with van der Waals surface area (Å²) in [5, 5.41) is 6.14. The first-order chi connectivity index (χ1) is 14.1. The lowest BCUT2D eigenvalue weighted by Gasteiger charge is -2.18. The predicted octanol–water partition coefficient (Wildman–Crippen LogP) is 5.16. The Morgan fingerprint density at radius 2 is 1.62 bits per heavy atom. The quantitative estimate of drug-likeness (QED) is 0.550. The molecule has 1 unspecified atom stereocenters. The molecule has 2 amide bonds. The Labute approximate surface area is 179 Å². The highest BCUT2D eigenvalue weighted by Gasteiger charge is 2.17. The number of amides is 2. The second kappa shape index (κ2) is 10.1. The Morgan fingerprint density at radius 3 is 2.31 bits per heavy atom.